The van der Waals surface area contributed by atoms with Gasteiger partial charge in [0.05, 0.1) is 12.4 Å². The monoisotopic (exact) mass is 251 g/mol. The van der Waals surface area contributed by atoms with E-state index >= 15 is 0 Å². The quantitative estimate of drug-likeness (QED) is 0.785. The van der Waals surface area contributed by atoms with Crippen molar-refractivity contribution in [1.29, 1.82) is 0 Å². The second kappa shape index (κ2) is 5.19. The molecule has 0 unspecified atom stereocenters. The Labute approximate surface area is 105 Å². The summed E-state index contributed by atoms with van der Waals surface area (Å²) in [4.78, 5) is 4.39. The van der Waals surface area contributed by atoms with E-state index in [0.29, 0.717) is 17.5 Å². The maximum Gasteiger partial charge on any atom is 0.219 e. The largest absolute Gasteiger partial charge is 0.436 e. The van der Waals surface area contributed by atoms with Crippen molar-refractivity contribution in [3.05, 3.63) is 35.8 Å². The van der Waals surface area contributed by atoms with E-state index in [2.05, 4.69) is 10.1 Å². The van der Waals surface area contributed by atoms with Crippen LogP contribution >= 0.6 is 11.6 Å². The van der Waals surface area contributed by atoms with E-state index < -0.39 is 0 Å². The zero-order valence-corrected chi connectivity index (χ0v) is 10.6. The number of aromatic nitrogens is 3. The molecule has 2 aromatic rings. The van der Waals surface area contributed by atoms with Gasteiger partial charge in [0, 0.05) is 24.7 Å². The van der Waals surface area contributed by atoms with Crippen molar-refractivity contribution >= 4 is 11.6 Å². The number of hydrogen-bond acceptors (Lipinski definition) is 3. The first-order valence-corrected chi connectivity index (χ1v) is 5.97. The molecule has 0 saturated heterocycles. The Morgan fingerprint density at radius 2 is 2.24 bits per heavy atom. The van der Waals surface area contributed by atoms with E-state index in [4.69, 9.17) is 16.3 Å². The molecule has 0 aromatic carbocycles. The summed E-state index contributed by atoms with van der Waals surface area (Å²) in [5.74, 6) is 1.70. The average Bonchev–Trinajstić information content (AvgIpc) is 2.74. The predicted molar refractivity (Wildman–Crippen MR) is 66.5 cm³/mol. The average molecular weight is 252 g/mol. The Morgan fingerprint density at radius 3 is 2.82 bits per heavy atom. The molecule has 90 valence electrons. The van der Waals surface area contributed by atoms with Crippen LogP contribution in [0.4, 0.5) is 0 Å². The molecule has 0 bridgehead atoms. The lowest BCUT2D eigenvalue weighted by Gasteiger charge is -2.06. The molecule has 17 heavy (non-hydrogen) atoms. The van der Waals surface area contributed by atoms with Gasteiger partial charge in [0.1, 0.15) is 0 Å². The fourth-order valence-corrected chi connectivity index (χ4v) is 1.66. The van der Waals surface area contributed by atoms with Gasteiger partial charge in [-0.05, 0) is 18.1 Å². The van der Waals surface area contributed by atoms with Crippen LogP contribution < -0.4 is 4.74 Å². The number of ether oxygens (including phenoxy) is 1. The Bertz CT molecular complexity index is 488. The van der Waals surface area contributed by atoms with Crippen molar-refractivity contribution in [3.8, 4) is 11.6 Å². The third-order valence-electron chi connectivity index (χ3n) is 2.33. The fourth-order valence-electron chi connectivity index (χ4n) is 1.50. The fraction of sp³-hybridized carbons (Fsp3) is 0.333. The summed E-state index contributed by atoms with van der Waals surface area (Å²) < 4.78 is 7.31. The molecule has 2 aromatic heterocycles. The van der Waals surface area contributed by atoms with Crippen molar-refractivity contribution < 1.29 is 4.74 Å². The van der Waals surface area contributed by atoms with Gasteiger partial charge < -0.3 is 4.74 Å². The highest BCUT2D eigenvalue weighted by atomic mass is 35.5. The van der Waals surface area contributed by atoms with Crippen LogP contribution in [0.1, 0.15) is 18.2 Å². The van der Waals surface area contributed by atoms with Crippen molar-refractivity contribution in [2.75, 3.05) is 0 Å². The molecule has 0 saturated carbocycles. The molecule has 0 amide bonds. The summed E-state index contributed by atoms with van der Waals surface area (Å²) in [6.45, 7) is 2.05. The van der Waals surface area contributed by atoms with Gasteiger partial charge in [-0.2, -0.15) is 5.10 Å². The van der Waals surface area contributed by atoms with E-state index in [1.165, 1.54) is 0 Å². The minimum atomic E-state index is 0.457. The zero-order chi connectivity index (χ0) is 12.3. The second-order valence-corrected chi connectivity index (χ2v) is 4.01. The van der Waals surface area contributed by atoms with Gasteiger partial charge in [0.25, 0.3) is 0 Å². The van der Waals surface area contributed by atoms with Crippen molar-refractivity contribution in [2.24, 2.45) is 7.05 Å². The first-order chi connectivity index (χ1) is 8.21. The van der Waals surface area contributed by atoms with Crippen LogP contribution in [0.5, 0.6) is 11.6 Å². The lowest BCUT2D eigenvalue weighted by Crippen LogP contribution is -1.94. The van der Waals surface area contributed by atoms with E-state index in [-0.39, 0.29) is 0 Å². The molecule has 0 N–H and O–H groups in total. The highest BCUT2D eigenvalue weighted by Crippen LogP contribution is 2.21. The lowest BCUT2D eigenvalue weighted by atomic mass is 10.2. The van der Waals surface area contributed by atoms with E-state index in [1.807, 2.05) is 26.1 Å². The molecule has 4 nitrogen and oxygen atoms in total. The molecule has 0 radical (unpaired) electrons. The topological polar surface area (TPSA) is 39.9 Å². The SMILES string of the molecule is CCc1cc(CCl)cc(Oc2cnn(C)c2)n1. The second-order valence-electron chi connectivity index (χ2n) is 3.74. The van der Waals surface area contributed by atoms with Gasteiger partial charge in [0.15, 0.2) is 5.75 Å². The molecule has 2 heterocycles. The van der Waals surface area contributed by atoms with Gasteiger partial charge in [-0.3, -0.25) is 4.68 Å². The highest BCUT2D eigenvalue weighted by Gasteiger charge is 2.05. The number of rotatable bonds is 4. The highest BCUT2D eigenvalue weighted by molar-refractivity contribution is 6.17. The van der Waals surface area contributed by atoms with Gasteiger partial charge in [-0.15, -0.1) is 11.6 Å². The molecular formula is C12H14ClN3O. The summed E-state index contributed by atoms with van der Waals surface area (Å²) in [5.41, 5.74) is 1.99. The van der Waals surface area contributed by atoms with Crippen LogP contribution in [-0.4, -0.2) is 14.8 Å². The number of nitrogens with zero attached hydrogens (tertiary/aromatic N) is 3. The van der Waals surface area contributed by atoms with Crippen LogP contribution in [0, 0.1) is 0 Å². The predicted octanol–water partition coefficient (Wildman–Crippen LogP) is 2.91. The van der Waals surface area contributed by atoms with Crippen LogP contribution in [0.25, 0.3) is 0 Å². The van der Waals surface area contributed by atoms with E-state index in [9.17, 15) is 0 Å². The molecule has 2 rings (SSSR count). The van der Waals surface area contributed by atoms with Gasteiger partial charge >= 0.3 is 0 Å². The van der Waals surface area contributed by atoms with Crippen molar-refractivity contribution in [3.63, 3.8) is 0 Å². The first-order valence-electron chi connectivity index (χ1n) is 5.43. The number of hydrogen-bond donors (Lipinski definition) is 0. The standard InChI is InChI=1S/C12H14ClN3O/c1-3-10-4-9(6-13)5-12(15-10)17-11-7-14-16(2)8-11/h4-5,7-8H,3,6H2,1-2H3. The van der Waals surface area contributed by atoms with Crippen molar-refractivity contribution in [2.45, 2.75) is 19.2 Å². The summed E-state index contributed by atoms with van der Waals surface area (Å²) in [7, 11) is 1.84. The molecule has 0 spiro atoms. The third-order valence-corrected chi connectivity index (χ3v) is 2.64. The lowest BCUT2D eigenvalue weighted by molar-refractivity contribution is 0.460. The summed E-state index contributed by atoms with van der Waals surface area (Å²) in [6, 6.07) is 3.84. The maximum atomic E-state index is 5.84. The van der Waals surface area contributed by atoms with Crippen LogP contribution in [0.3, 0.4) is 0 Å². The normalized spacial score (nSPS) is 10.5. The summed E-state index contributed by atoms with van der Waals surface area (Å²) >= 11 is 5.84. The Balaban J connectivity index is 2.25. The number of alkyl halides is 1. The molecule has 0 atom stereocenters. The van der Waals surface area contributed by atoms with Gasteiger partial charge in [-0.25, -0.2) is 4.98 Å². The van der Waals surface area contributed by atoms with Crippen LogP contribution in [0.2, 0.25) is 0 Å². The smallest absolute Gasteiger partial charge is 0.219 e. The van der Waals surface area contributed by atoms with Crippen LogP contribution in [0.15, 0.2) is 24.5 Å². The van der Waals surface area contributed by atoms with E-state index in [1.54, 1.807) is 17.1 Å². The van der Waals surface area contributed by atoms with Gasteiger partial charge in [-0.1, -0.05) is 6.92 Å². The van der Waals surface area contributed by atoms with E-state index in [0.717, 1.165) is 17.7 Å². The first kappa shape index (κ1) is 11.9. The minimum Gasteiger partial charge on any atom is -0.436 e. The minimum absolute atomic E-state index is 0.457. The third kappa shape index (κ3) is 2.97. The Kier molecular flexibility index (Phi) is 3.64. The number of pyridine rings is 1. The summed E-state index contributed by atoms with van der Waals surface area (Å²) in [6.07, 6.45) is 4.30. The van der Waals surface area contributed by atoms with Crippen LogP contribution in [-0.2, 0) is 19.3 Å². The molecule has 0 aliphatic carbocycles. The zero-order valence-electron chi connectivity index (χ0n) is 9.85. The molecular weight excluding hydrogens is 238 g/mol. The van der Waals surface area contributed by atoms with Gasteiger partial charge in [0.2, 0.25) is 5.88 Å². The molecule has 0 fully saturated rings. The maximum absolute atomic E-state index is 5.84. The van der Waals surface area contributed by atoms with Crippen molar-refractivity contribution in [1.82, 2.24) is 14.8 Å². The summed E-state index contributed by atoms with van der Waals surface area (Å²) in [5, 5.41) is 4.04. The molecule has 5 heteroatoms. The molecule has 0 aliphatic heterocycles. The Morgan fingerprint density at radius 1 is 1.41 bits per heavy atom. The number of halogens is 1. The molecule has 0 aliphatic rings. The number of aryl methyl sites for hydroxylation is 2. The Hall–Kier alpha value is -1.55.